The van der Waals surface area contributed by atoms with Gasteiger partial charge in [-0.1, -0.05) is 30.3 Å². The standard InChI is InChI=1S/C24H25NO4/c1-4-29-24(27)20-14(2)25-17-10-7-11-18(26)22(17)23(20)21-16-9-6-5-8-15(16)12-13-19(21)28-3/h5-6,8-9,12-13,23,25H,4,7,10-11H2,1-3H3. The van der Waals surface area contributed by atoms with Gasteiger partial charge in [-0.05, 0) is 43.5 Å². The Morgan fingerprint density at radius 2 is 1.97 bits per heavy atom. The number of carbonyl (C=O) groups is 2. The number of dihydropyridines is 1. The zero-order chi connectivity index (χ0) is 20.5. The molecule has 0 aromatic heterocycles. The van der Waals surface area contributed by atoms with Gasteiger partial charge in [0.05, 0.1) is 25.2 Å². The molecule has 0 amide bonds. The van der Waals surface area contributed by atoms with Crippen LogP contribution < -0.4 is 10.1 Å². The molecular formula is C24H25NO4. The van der Waals surface area contributed by atoms with Crippen molar-refractivity contribution in [3.05, 3.63) is 64.5 Å². The van der Waals surface area contributed by atoms with Crippen LogP contribution in [-0.2, 0) is 14.3 Å². The number of Topliss-reactive ketones (excluding diaryl/α,β-unsaturated/α-hetero) is 1. The molecule has 0 fully saturated rings. The summed E-state index contributed by atoms with van der Waals surface area (Å²) in [5.74, 6) is -0.176. The fraction of sp³-hybridized carbons (Fsp3) is 0.333. The van der Waals surface area contributed by atoms with Gasteiger partial charge in [-0.25, -0.2) is 4.79 Å². The summed E-state index contributed by atoms with van der Waals surface area (Å²) >= 11 is 0. The number of nitrogens with one attached hydrogen (secondary N) is 1. The van der Waals surface area contributed by atoms with Crippen LogP contribution in [0.1, 0.15) is 44.6 Å². The summed E-state index contributed by atoms with van der Waals surface area (Å²) in [4.78, 5) is 26.1. The number of fused-ring (bicyclic) bond motifs is 1. The second kappa shape index (κ2) is 7.74. The minimum absolute atomic E-state index is 0.0769. The van der Waals surface area contributed by atoms with E-state index in [1.165, 1.54) is 0 Å². The van der Waals surface area contributed by atoms with Crippen molar-refractivity contribution in [2.24, 2.45) is 0 Å². The zero-order valence-corrected chi connectivity index (χ0v) is 17.0. The van der Waals surface area contributed by atoms with Gasteiger partial charge in [0.1, 0.15) is 5.75 Å². The third-order valence-corrected chi connectivity index (χ3v) is 5.71. The predicted octanol–water partition coefficient (Wildman–Crippen LogP) is 4.38. The van der Waals surface area contributed by atoms with Gasteiger partial charge in [-0.3, -0.25) is 4.79 Å². The van der Waals surface area contributed by atoms with Gasteiger partial charge in [0, 0.05) is 29.0 Å². The second-order valence-corrected chi connectivity index (χ2v) is 7.39. The highest BCUT2D eigenvalue weighted by Gasteiger charge is 2.41. The second-order valence-electron chi connectivity index (χ2n) is 7.39. The predicted molar refractivity (Wildman–Crippen MR) is 112 cm³/mol. The lowest BCUT2D eigenvalue weighted by Crippen LogP contribution is -2.34. The molecule has 1 unspecified atom stereocenters. The van der Waals surface area contributed by atoms with Crippen molar-refractivity contribution in [1.29, 1.82) is 0 Å². The summed E-state index contributed by atoms with van der Waals surface area (Å²) in [5, 5.41) is 5.33. The van der Waals surface area contributed by atoms with Crippen LogP contribution in [0.2, 0.25) is 0 Å². The van der Waals surface area contributed by atoms with Crippen LogP contribution in [-0.4, -0.2) is 25.5 Å². The Balaban J connectivity index is 2.04. The summed E-state index contributed by atoms with van der Waals surface area (Å²) in [6.07, 6.45) is 2.09. The maximum absolute atomic E-state index is 13.1. The molecule has 0 saturated carbocycles. The summed E-state index contributed by atoms with van der Waals surface area (Å²) < 4.78 is 11.1. The number of benzene rings is 2. The number of hydrogen-bond acceptors (Lipinski definition) is 5. The van der Waals surface area contributed by atoms with E-state index in [2.05, 4.69) is 5.32 Å². The highest BCUT2D eigenvalue weighted by atomic mass is 16.5. The number of methoxy groups -OCH3 is 1. The molecule has 0 radical (unpaired) electrons. The topological polar surface area (TPSA) is 64.6 Å². The normalized spacial score (nSPS) is 19.1. The van der Waals surface area contributed by atoms with Gasteiger partial charge in [-0.15, -0.1) is 0 Å². The van der Waals surface area contributed by atoms with Crippen molar-refractivity contribution in [3.8, 4) is 5.75 Å². The molecule has 0 saturated heterocycles. The number of esters is 1. The highest BCUT2D eigenvalue weighted by Crippen LogP contribution is 2.47. The van der Waals surface area contributed by atoms with Gasteiger partial charge in [0.2, 0.25) is 0 Å². The first-order chi connectivity index (χ1) is 14.1. The summed E-state index contributed by atoms with van der Waals surface area (Å²) in [7, 11) is 1.62. The average Bonchev–Trinajstić information content (AvgIpc) is 2.72. The maximum atomic E-state index is 13.1. The third-order valence-electron chi connectivity index (χ3n) is 5.71. The molecule has 1 N–H and O–H groups in total. The van der Waals surface area contributed by atoms with Crippen molar-refractivity contribution < 1.29 is 19.1 Å². The van der Waals surface area contributed by atoms with E-state index in [4.69, 9.17) is 9.47 Å². The van der Waals surface area contributed by atoms with E-state index in [1.54, 1.807) is 14.0 Å². The van der Waals surface area contributed by atoms with Crippen molar-refractivity contribution in [1.82, 2.24) is 5.32 Å². The number of rotatable bonds is 4. The number of ketones is 1. The first-order valence-electron chi connectivity index (χ1n) is 10.0. The van der Waals surface area contributed by atoms with Gasteiger partial charge >= 0.3 is 5.97 Å². The van der Waals surface area contributed by atoms with Gasteiger partial charge in [0.15, 0.2) is 5.78 Å². The molecule has 29 heavy (non-hydrogen) atoms. The number of ether oxygens (including phenoxy) is 2. The lowest BCUT2D eigenvalue weighted by Gasteiger charge is -2.35. The Hall–Kier alpha value is -3.08. The molecule has 2 aromatic carbocycles. The quantitative estimate of drug-likeness (QED) is 0.784. The Kier molecular flexibility index (Phi) is 5.14. The fourth-order valence-electron chi connectivity index (χ4n) is 4.50. The van der Waals surface area contributed by atoms with Crippen LogP contribution in [0.15, 0.2) is 58.9 Å². The minimum Gasteiger partial charge on any atom is -0.496 e. The lowest BCUT2D eigenvalue weighted by molar-refractivity contribution is -0.138. The van der Waals surface area contributed by atoms with E-state index >= 15 is 0 Å². The molecule has 1 atom stereocenters. The molecule has 150 valence electrons. The van der Waals surface area contributed by atoms with Crippen molar-refractivity contribution in [2.45, 2.75) is 39.0 Å². The Morgan fingerprint density at radius 3 is 2.72 bits per heavy atom. The van der Waals surface area contributed by atoms with Gasteiger partial charge in [-0.2, -0.15) is 0 Å². The number of allylic oxidation sites excluding steroid dienone is 3. The Bertz CT molecular complexity index is 1060. The maximum Gasteiger partial charge on any atom is 0.336 e. The lowest BCUT2D eigenvalue weighted by atomic mass is 9.74. The molecule has 5 heteroatoms. The first kappa shape index (κ1) is 19.2. The van der Waals surface area contributed by atoms with E-state index in [9.17, 15) is 9.59 Å². The van der Waals surface area contributed by atoms with Crippen LogP contribution in [0.25, 0.3) is 10.8 Å². The van der Waals surface area contributed by atoms with E-state index in [0.717, 1.165) is 40.6 Å². The molecule has 5 nitrogen and oxygen atoms in total. The molecule has 2 aromatic rings. The molecule has 0 spiro atoms. The number of hydrogen-bond donors (Lipinski definition) is 1. The fourth-order valence-corrected chi connectivity index (χ4v) is 4.50. The summed E-state index contributed by atoms with van der Waals surface area (Å²) in [5.41, 5.74) is 3.64. The smallest absolute Gasteiger partial charge is 0.336 e. The summed E-state index contributed by atoms with van der Waals surface area (Å²) in [6, 6.07) is 11.9. The molecule has 0 bridgehead atoms. The number of carbonyl (C=O) groups excluding carboxylic acids is 2. The van der Waals surface area contributed by atoms with Crippen LogP contribution >= 0.6 is 0 Å². The van der Waals surface area contributed by atoms with Crippen LogP contribution in [0, 0.1) is 0 Å². The molecule has 1 heterocycles. The minimum atomic E-state index is -0.515. The average molecular weight is 391 g/mol. The van der Waals surface area contributed by atoms with Crippen molar-refractivity contribution in [3.63, 3.8) is 0 Å². The Labute approximate surface area is 170 Å². The highest BCUT2D eigenvalue weighted by molar-refractivity contribution is 6.05. The molecule has 1 aliphatic carbocycles. The summed E-state index contributed by atoms with van der Waals surface area (Å²) in [6.45, 7) is 3.93. The van der Waals surface area contributed by atoms with E-state index in [0.29, 0.717) is 23.3 Å². The van der Waals surface area contributed by atoms with E-state index in [1.807, 2.05) is 43.3 Å². The van der Waals surface area contributed by atoms with Crippen molar-refractivity contribution >= 4 is 22.5 Å². The van der Waals surface area contributed by atoms with Gasteiger partial charge < -0.3 is 14.8 Å². The zero-order valence-electron chi connectivity index (χ0n) is 17.0. The monoisotopic (exact) mass is 391 g/mol. The molecule has 2 aliphatic rings. The molecular weight excluding hydrogens is 366 g/mol. The van der Waals surface area contributed by atoms with Crippen LogP contribution in [0.4, 0.5) is 0 Å². The molecule has 4 rings (SSSR count). The third kappa shape index (κ3) is 3.20. The SMILES string of the molecule is CCOC(=O)C1=C(C)NC2=C(C(=O)CCC2)C1c1c(OC)ccc2ccccc12. The van der Waals surface area contributed by atoms with Gasteiger partial charge in [0.25, 0.3) is 0 Å². The van der Waals surface area contributed by atoms with E-state index < -0.39 is 11.9 Å². The van der Waals surface area contributed by atoms with Crippen molar-refractivity contribution in [2.75, 3.05) is 13.7 Å². The Morgan fingerprint density at radius 1 is 1.17 bits per heavy atom. The van der Waals surface area contributed by atoms with Crippen LogP contribution in [0.3, 0.4) is 0 Å². The van der Waals surface area contributed by atoms with Crippen LogP contribution in [0.5, 0.6) is 5.75 Å². The first-order valence-corrected chi connectivity index (χ1v) is 10.0. The van der Waals surface area contributed by atoms with E-state index in [-0.39, 0.29) is 12.4 Å². The largest absolute Gasteiger partial charge is 0.496 e. The molecule has 1 aliphatic heterocycles.